The number of benzene rings is 1. The Kier molecular flexibility index (Phi) is 3.14. The second-order valence-corrected chi connectivity index (χ2v) is 8.20. The van der Waals surface area contributed by atoms with Gasteiger partial charge in [-0.05, 0) is 43.0 Å². The molecule has 0 amide bonds. The largest absolute Gasteiger partial charge is 0.473 e. The Morgan fingerprint density at radius 2 is 1.85 bits per heavy atom. The third kappa shape index (κ3) is 2.34. The molecule has 5 nitrogen and oxygen atoms in total. The van der Waals surface area contributed by atoms with Crippen molar-refractivity contribution in [3.63, 3.8) is 0 Å². The predicted octanol–water partition coefficient (Wildman–Crippen LogP) is 3.34. The van der Waals surface area contributed by atoms with Crippen LogP contribution in [0.15, 0.2) is 42.6 Å². The monoisotopic (exact) mass is 346 g/mol. The van der Waals surface area contributed by atoms with Crippen LogP contribution in [0.4, 0.5) is 0 Å². The van der Waals surface area contributed by atoms with Crippen LogP contribution in [0.25, 0.3) is 22.2 Å². The summed E-state index contributed by atoms with van der Waals surface area (Å²) in [6, 6.07) is 12.4. The van der Waals surface area contributed by atoms with E-state index in [4.69, 9.17) is 4.74 Å². The molecule has 5 heterocycles. The molecule has 2 aromatic heterocycles. The van der Waals surface area contributed by atoms with Gasteiger partial charge in [-0.1, -0.05) is 6.07 Å². The Morgan fingerprint density at radius 3 is 2.62 bits per heavy atom. The summed E-state index contributed by atoms with van der Waals surface area (Å²) in [4.78, 5) is 5.84. The molecular weight excluding hydrogens is 324 g/mol. The van der Waals surface area contributed by atoms with Crippen LogP contribution in [0.5, 0.6) is 5.88 Å². The maximum absolute atomic E-state index is 6.33. The van der Waals surface area contributed by atoms with E-state index in [1.54, 1.807) is 0 Å². The highest BCUT2D eigenvalue weighted by molar-refractivity contribution is 5.84. The van der Waals surface area contributed by atoms with Crippen LogP contribution in [0.1, 0.15) is 12.8 Å². The van der Waals surface area contributed by atoms with Crippen LogP contribution in [0, 0.1) is 17.8 Å². The number of nitrogens with zero attached hydrogens (tertiary/aromatic N) is 3. The number of piperidine rings is 3. The van der Waals surface area contributed by atoms with Crippen molar-refractivity contribution >= 4 is 10.9 Å². The normalized spacial score (nSPS) is 32.2. The molecule has 1 saturated carbocycles. The number of nitrogens with one attached hydrogen (secondary N) is 1. The number of hydrogen-bond donors (Lipinski definition) is 1. The molecule has 4 aliphatic rings. The minimum Gasteiger partial charge on any atom is -0.473 e. The van der Waals surface area contributed by atoms with E-state index in [-0.39, 0.29) is 0 Å². The lowest BCUT2D eigenvalue weighted by molar-refractivity contribution is -0.0999. The number of aromatic amines is 1. The van der Waals surface area contributed by atoms with Crippen molar-refractivity contribution in [1.82, 2.24) is 20.1 Å². The molecular formula is C21H22N4O. The zero-order valence-electron chi connectivity index (χ0n) is 14.6. The fourth-order valence-corrected chi connectivity index (χ4v) is 5.44. The van der Waals surface area contributed by atoms with Crippen molar-refractivity contribution in [1.29, 1.82) is 0 Å². The molecule has 3 saturated heterocycles. The molecule has 2 unspecified atom stereocenters. The standard InChI is InChI=1S/C21H22N4O/c1-2-18-15(5-6-22-18)9-14(1)19-3-4-20(24-23-19)26-21-16-7-13-8-17(21)12-25(10-13)11-16/h1-6,9,13,16-17,21-22H,7-8,10-12H2. The van der Waals surface area contributed by atoms with Crippen LogP contribution in [-0.2, 0) is 0 Å². The van der Waals surface area contributed by atoms with Crippen LogP contribution >= 0.6 is 0 Å². The van der Waals surface area contributed by atoms with E-state index in [9.17, 15) is 0 Å². The van der Waals surface area contributed by atoms with Gasteiger partial charge in [0, 0.05) is 60.2 Å². The molecule has 5 heteroatoms. The van der Waals surface area contributed by atoms with Gasteiger partial charge in [0.15, 0.2) is 0 Å². The summed E-state index contributed by atoms with van der Waals surface area (Å²) in [6.07, 6.45) is 4.91. The minimum absolute atomic E-state index is 0.319. The van der Waals surface area contributed by atoms with Crippen molar-refractivity contribution in [2.45, 2.75) is 18.9 Å². The van der Waals surface area contributed by atoms with Gasteiger partial charge in [-0.2, -0.15) is 0 Å². The summed E-state index contributed by atoms with van der Waals surface area (Å²) in [7, 11) is 0. The van der Waals surface area contributed by atoms with E-state index in [0.717, 1.165) is 22.7 Å². The first-order valence-corrected chi connectivity index (χ1v) is 9.62. The first-order valence-electron chi connectivity index (χ1n) is 9.62. The molecule has 132 valence electrons. The predicted molar refractivity (Wildman–Crippen MR) is 99.9 cm³/mol. The van der Waals surface area contributed by atoms with E-state index in [1.165, 1.54) is 37.9 Å². The zero-order chi connectivity index (χ0) is 17.1. The molecule has 4 bridgehead atoms. The molecule has 2 atom stereocenters. The van der Waals surface area contributed by atoms with Crippen LogP contribution in [-0.4, -0.2) is 45.8 Å². The quantitative estimate of drug-likeness (QED) is 0.790. The third-order valence-electron chi connectivity index (χ3n) is 6.45. The highest BCUT2D eigenvalue weighted by Crippen LogP contribution is 2.44. The van der Waals surface area contributed by atoms with Gasteiger partial charge in [-0.15, -0.1) is 10.2 Å². The summed E-state index contributed by atoms with van der Waals surface area (Å²) >= 11 is 0. The average molecular weight is 346 g/mol. The van der Waals surface area contributed by atoms with Gasteiger partial charge >= 0.3 is 0 Å². The van der Waals surface area contributed by atoms with Crippen LogP contribution in [0.2, 0.25) is 0 Å². The Bertz CT molecular complexity index is 920. The van der Waals surface area contributed by atoms with Gasteiger partial charge in [0.25, 0.3) is 0 Å². The minimum atomic E-state index is 0.319. The van der Waals surface area contributed by atoms with E-state index in [2.05, 4.69) is 44.3 Å². The smallest absolute Gasteiger partial charge is 0.233 e. The second-order valence-electron chi connectivity index (χ2n) is 8.20. The third-order valence-corrected chi connectivity index (χ3v) is 6.45. The SMILES string of the molecule is c1cc2cc(-c3ccc(OC4C5CC6CC4CN(C6)C5)nn3)ccc2[nH]1. The first-order chi connectivity index (χ1) is 12.8. The fraction of sp³-hybridized carbons (Fsp3) is 0.429. The average Bonchev–Trinajstić information content (AvgIpc) is 3.12. The number of ether oxygens (including phenoxy) is 1. The maximum Gasteiger partial charge on any atom is 0.233 e. The summed E-state index contributed by atoms with van der Waals surface area (Å²) in [5, 5.41) is 10.00. The van der Waals surface area contributed by atoms with Crippen molar-refractivity contribution < 1.29 is 4.74 Å². The lowest BCUT2D eigenvalue weighted by Crippen LogP contribution is -2.61. The van der Waals surface area contributed by atoms with Gasteiger partial charge in [-0.3, -0.25) is 0 Å². The molecule has 1 aromatic carbocycles. The number of fused-ring (bicyclic) bond motifs is 1. The Morgan fingerprint density at radius 1 is 0.962 bits per heavy atom. The molecule has 26 heavy (non-hydrogen) atoms. The van der Waals surface area contributed by atoms with Crippen molar-refractivity contribution in [3.05, 3.63) is 42.6 Å². The van der Waals surface area contributed by atoms with Gasteiger partial charge < -0.3 is 14.6 Å². The number of rotatable bonds is 3. The molecule has 4 fully saturated rings. The van der Waals surface area contributed by atoms with Gasteiger partial charge in [0.2, 0.25) is 5.88 Å². The van der Waals surface area contributed by atoms with Crippen molar-refractivity contribution in [2.75, 3.05) is 19.6 Å². The maximum atomic E-state index is 6.33. The highest BCUT2D eigenvalue weighted by Gasteiger charge is 2.48. The lowest BCUT2D eigenvalue weighted by atomic mass is 9.66. The van der Waals surface area contributed by atoms with Crippen LogP contribution in [0.3, 0.4) is 0 Å². The Balaban J connectivity index is 1.23. The summed E-state index contributed by atoms with van der Waals surface area (Å²) in [5.74, 6) is 2.89. The summed E-state index contributed by atoms with van der Waals surface area (Å²) < 4.78 is 6.33. The molecule has 1 aliphatic carbocycles. The highest BCUT2D eigenvalue weighted by atomic mass is 16.5. The number of aromatic nitrogens is 3. The topological polar surface area (TPSA) is 54.0 Å². The molecule has 3 aliphatic heterocycles. The van der Waals surface area contributed by atoms with E-state index in [1.807, 2.05) is 18.3 Å². The number of H-pyrrole nitrogens is 1. The summed E-state index contributed by atoms with van der Waals surface area (Å²) in [6.45, 7) is 3.69. The van der Waals surface area contributed by atoms with Gasteiger partial charge in [-0.25, -0.2) is 0 Å². The first kappa shape index (κ1) is 14.7. The van der Waals surface area contributed by atoms with Crippen molar-refractivity contribution in [3.8, 4) is 17.1 Å². The number of hydrogen-bond acceptors (Lipinski definition) is 4. The van der Waals surface area contributed by atoms with Crippen molar-refractivity contribution in [2.24, 2.45) is 17.8 Å². The zero-order valence-corrected chi connectivity index (χ0v) is 14.6. The molecule has 0 radical (unpaired) electrons. The summed E-state index contributed by atoms with van der Waals surface area (Å²) in [5.41, 5.74) is 3.11. The molecule has 0 spiro atoms. The van der Waals surface area contributed by atoms with Crippen LogP contribution < -0.4 is 4.74 Å². The lowest BCUT2D eigenvalue weighted by Gasteiger charge is -2.55. The van der Waals surface area contributed by atoms with E-state index >= 15 is 0 Å². The van der Waals surface area contributed by atoms with E-state index < -0.39 is 0 Å². The van der Waals surface area contributed by atoms with E-state index in [0.29, 0.717) is 23.8 Å². The Hall–Kier alpha value is -2.40. The second kappa shape index (κ2) is 5.55. The molecule has 7 rings (SSSR count). The van der Waals surface area contributed by atoms with Gasteiger partial charge in [0.1, 0.15) is 6.10 Å². The molecule has 1 N–H and O–H groups in total. The molecule has 3 aromatic rings. The Labute approximate surface area is 152 Å². The fourth-order valence-electron chi connectivity index (χ4n) is 5.44. The van der Waals surface area contributed by atoms with Gasteiger partial charge in [0.05, 0.1) is 5.69 Å².